The van der Waals surface area contributed by atoms with E-state index >= 15 is 0 Å². The van der Waals surface area contributed by atoms with E-state index in [4.69, 9.17) is 0 Å². The second kappa shape index (κ2) is 6.31. The van der Waals surface area contributed by atoms with Crippen molar-refractivity contribution >= 4 is 0 Å². The van der Waals surface area contributed by atoms with Crippen LogP contribution in [0.2, 0.25) is 0 Å². The van der Waals surface area contributed by atoms with Crippen molar-refractivity contribution in [3.05, 3.63) is 11.6 Å². The highest BCUT2D eigenvalue weighted by Gasteiger charge is 2.59. The van der Waals surface area contributed by atoms with Crippen LogP contribution in [0.4, 0.5) is 0 Å². The maximum Gasteiger partial charge on any atom is 0.0858 e. The van der Waals surface area contributed by atoms with Crippen molar-refractivity contribution in [1.82, 2.24) is 0 Å². The molecular weight excluding hydrogens is 320 g/mol. The average Bonchev–Trinajstić information content (AvgIpc) is 2.56. The molecule has 5 N–H and O–H groups in total. The van der Waals surface area contributed by atoms with Gasteiger partial charge in [0.1, 0.15) is 0 Å². The van der Waals surface area contributed by atoms with E-state index in [0.29, 0.717) is 19.3 Å². The first-order valence-corrected chi connectivity index (χ1v) is 9.58. The first kappa shape index (κ1) is 19.3. The fraction of sp³-hybridized carbons (Fsp3) is 0.900. The van der Waals surface area contributed by atoms with Crippen LogP contribution in [0.5, 0.6) is 0 Å². The van der Waals surface area contributed by atoms with Gasteiger partial charge >= 0.3 is 0 Å². The maximum absolute atomic E-state index is 10.9. The summed E-state index contributed by atoms with van der Waals surface area (Å²) < 4.78 is 0. The van der Waals surface area contributed by atoms with E-state index < -0.39 is 23.7 Å². The summed E-state index contributed by atoms with van der Waals surface area (Å²) in [5.41, 5.74) is -0.136. The van der Waals surface area contributed by atoms with E-state index in [9.17, 15) is 25.5 Å². The zero-order valence-corrected chi connectivity index (χ0v) is 15.6. The zero-order valence-electron chi connectivity index (χ0n) is 15.6. The Labute approximate surface area is 150 Å². The summed E-state index contributed by atoms with van der Waals surface area (Å²) in [6, 6.07) is 0. The molecule has 144 valence electrons. The van der Waals surface area contributed by atoms with Gasteiger partial charge in [0.25, 0.3) is 0 Å². The Bertz CT molecular complexity index is 548. The molecule has 8 atom stereocenters. The number of rotatable bonds is 3. The lowest BCUT2D eigenvalue weighted by Crippen LogP contribution is -2.59. The number of hydrogen-bond acceptors (Lipinski definition) is 5. The van der Waals surface area contributed by atoms with Crippen LogP contribution in [0.25, 0.3) is 0 Å². The molecule has 2 fully saturated rings. The Balaban J connectivity index is 2.02. The van der Waals surface area contributed by atoms with Gasteiger partial charge in [0.05, 0.1) is 24.9 Å². The maximum atomic E-state index is 10.9. The summed E-state index contributed by atoms with van der Waals surface area (Å²) in [5, 5.41) is 51.0. The summed E-state index contributed by atoms with van der Waals surface area (Å²) in [7, 11) is 0. The van der Waals surface area contributed by atoms with Crippen LogP contribution in [-0.2, 0) is 0 Å². The van der Waals surface area contributed by atoms with Crippen molar-refractivity contribution in [3.63, 3.8) is 0 Å². The molecule has 0 aliphatic heterocycles. The van der Waals surface area contributed by atoms with Gasteiger partial charge < -0.3 is 25.5 Å². The Kier molecular flexibility index (Phi) is 4.87. The number of aliphatic hydroxyl groups excluding tert-OH is 5. The molecular formula is C20H34O5. The van der Waals surface area contributed by atoms with Crippen molar-refractivity contribution < 1.29 is 25.5 Å². The first-order chi connectivity index (χ1) is 11.6. The lowest BCUT2D eigenvalue weighted by atomic mass is 9.44. The Morgan fingerprint density at radius 1 is 1.16 bits per heavy atom. The Morgan fingerprint density at radius 2 is 1.84 bits per heavy atom. The number of fused-ring (bicyclic) bond motifs is 3. The largest absolute Gasteiger partial charge is 0.396 e. The molecule has 5 heteroatoms. The molecule has 0 amide bonds. The minimum absolute atomic E-state index is 0.0176. The van der Waals surface area contributed by atoms with Crippen LogP contribution >= 0.6 is 0 Å². The smallest absolute Gasteiger partial charge is 0.0858 e. The summed E-state index contributed by atoms with van der Waals surface area (Å²) in [6.45, 7) is 5.89. The topological polar surface area (TPSA) is 101 Å². The zero-order chi connectivity index (χ0) is 18.6. The third-order valence-electron chi connectivity index (χ3n) is 7.82. The van der Waals surface area contributed by atoms with E-state index in [1.807, 2.05) is 19.9 Å². The number of hydrogen-bond donors (Lipinski definition) is 5. The predicted octanol–water partition coefficient (Wildman–Crippen LogP) is 1.22. The van der Waals surface area contributed by atoms with E-state index in [1.165, 1.54) is 0 Å². The standard InChI is InChI=1S/C20H34O5/c1-18(17(25)10-21)5-4-14-13(9-18)15(24)6-16-19(2,11-22)7-12(23)8-20(14,16)3/h9,12,14-17,21-25H,4-8,10-11H2,1-3H3/t12-,14-,15+,16-,17?,18+,19+,20+/m0/s1. The van der Waals surface area contributed by atoms with Crippen molar-refractivity contribution in [3.8, 4) is 0 Å². The van der Waals surface area contributed by atoms with Crippen LogP contribution in [0.3, 0.4) is 0 Å². The van der Waals surface area contributed by atoms with E-state index in [1.54, 1.807) is 0 Å². The minimum atomic E-state index is -0.835. The predicted molar refractivity (Wildman–Crippen MR) is 94.7 cm³/mol. The molecule has 0 heterocycles. The van der Waals surface area contributed by atoms with Gasteiger partial charge in [-0.1, -0.05) is 26.8 Å². The van der Waals surface area contributed by atoms with Crippen molar-refractivity contribution in [2.75, 3.05) is 13.2 Å². The van der Waals surface area contributed by atoms with E-state index in [0.717, 1.165) is 18.4 Å². The highest BCUT2D eigenvalue weighted by atomic mass is 16.3. The normalized spacial score (nSPS) is 51.3. The molecule has 3 aliphatic carbocycles. The molecule has 1 unspecified atom stereocenters. The molecule has 0 aromatic carbocycles. The van der Waals surface area contributed by atoms with Crippen LogP contribution in [0.15, 0.2) is 11.6 Å². The summed E-state index contributed by atoms with van der Waals surface area (Å²) >= 11 is 0. The van der Waals surface area contributed by atoms with Crippen molar-refractivity contribution in [2.45, 2.75) is 71.2 Å². The highest BCUT2D eigenvalue weighted by Crippen LogP contribution is 2.63. The first-order valence-electron chi connectivity index (χ1n) is 9.58. The van der Waals surface area contributed by atoms with E-state index in [-0.39, 0.29) is 35.9 Å². The molecule has 3 rings (SSSR count). The van der Waals surface area contributed by atoms with Crippen LogP contribution in [-0.4, -0.2) is 57.1 Å². The molecule has 0 spiro atoms. The third kappa shape index (κ3) is 2.88. The average molecular weight is 354 g/mol. The van der Waals surface area contributed by atoms with E-state index in [2.05, 4.69) is 6.92 Å². The molecule has 5 nitrogen and oxygen atoms in total. The fourth-order valence-corrected chi connectivity index (χ4v) is 6.36. The third-order valence-corrected chi connectivity index (χ3v) is 7.82. The second-order valence-electron chi connectivity index (χ2n) is 9.62. The molecule has 0 aromatic rings. The van der Waals surface area contributed by atoms with Gasteiger partial charge in [0, 0.05) is 12.0 Å². The molecule has 0 saturated heterocycles. The van der Waals surface area contributed by atoms with Crippen molar-refractivity contribution in [1.29, 1.82) is 0 Å². The molecule has 0 bridgehead atoms. The molecule has 3 aliphatic rings. The Morgan fingerprint density at radius 3 is 2.44 bits per heavy atom. The summed E-state index contributed by atoms with van der Waals surface area (Å²) in [4.78, 5) is 0. The van der Waals surface area contributed by atoms with Crippen LogP contribution < -0.4 is 0 Å². The van der Waals surface area contributed by atoms with Gasteiger partial charge in [-0.2, -0.15) is 0 Å². The van der Waals surface area contributed by atoms with Gasteiger partial charge in [-0.15, -0.1) is 0 Å². The Hall–Kier alpha value is -0.460. The number of aliphatic hydroxyl groups is 5. The minimum Gasteiger partial charge on any atom is -0.396 e. The van der Waals surface area contributed by atoms with Gasteiger partial charge in [-0.3, -0.25) is 0 Å². The second-order valence-corrected chi connectivity index (χ2v) is 9.62. The lowest BCUT2D eigenvalue weighted by Gasteiger charge is -2.62. The summed E-state index contributed by atoms with van der Waals surface area (Å²) in [5.74, 6) is 0.290. The quantitative estimate of drug-likeness (QED) is 0.491. The lowest BCUT2D eigenvalue weighted by molar-refractivity contribution is -0.150. The summed E-state index contributed by atoms with van der Waals surface area (Å²) in [6.07, 6.45) is 3.52. The molecule has 2 saturated carbocycles. The fourth-order valence-electron chi connectivity index (χ4n) is 6.36. The molecule has 0 aromatic heterocycles. The van der Waals surface area contributed by atoms with Crippen LogP contribution in [0.1, 0.15) is 52.9 Å². The van der Waals surface area contributed by atoms with Gasteiger partial charge in [-0.05, 0) is 60.3 Å². The van der Waals surface area contributed by atoms with Gasteiger partial charge in [0.2, 0.25) is 0 Å². The van der Waals surface area contributed by atoms with Gasteiger partial charge in [-0.25, -0.2) is 0 Å². The van der Waals surface area contributed by atoms with Crippen LogP contribution in [0, 0.1) is 28.1 Å². The molecule has 0 radical (unpaired) electrons. The highest BCUT2D eigenvalue weighted by molar-refractivity contribution is 5.28. The SMILES string of the molecule is C[C@]1(CO)C[C@H](O)C[C@]2(C)[C@H]3CC[C@@](C)(C(O)CO)C=C3[C@H](O)C[C@@H]12. The molecule has 25 heavy (non-hydrogen) atoms. The monoisotopic (exact) mass is 354 g/mol. The van der Waals surface area contributed by atoms with Crippen molar-refractivity contribution in [2.24, 2.45) is 28.1 Å². The van der Waals surface area contributed by atoms with Gasteiger partial charge in [0.15, 0.2) is 0 Å².